The number of fused-ring (bicyclic) bond motifs is 2. The Morgan fingerprint density at radius 1 is 1.10 bits per heavy atom. The molecule has 3 amide bonds. The average molecular weight is 401 g/mol. The van der Waals surface area contributed by atoms with Crippen molar-refractivity contribution in [1.82, 2.24) is 15.1 Å². The van der Waals surface area contributed by atoms with E-state index in [1.54, 1.807) is 29.2 Å². The van der Waals surface area contributed by atoms with E-state index in [1.165, 1.54) is 0 Å². The first kappa shape index (κ1) is 18.1. The number of H-pyrrole nitrogens is 1. The van der Waals surface area contributed by atoms with Gasteiger partial charge < -0.3 is 15.5 Å². The molecule has 5 rings (SSSR count). The average Bonchev–Trinajstić information content (AvgIpc) is 3.43. The smallest absolute Gasteiger partial charge is 0.273 e. The van der Waals surface area contributed by atoms with E-state index in [1.807, 2.05) is 30.3 Å². The molecule has 3 heterocycles. The summed E-state index contributed by atoms with van der Waals surface area (Å²) in [6.45, 7) is 0.559. The Morgan fingerprint density at radius 2 is 1.93 bits per heavy atom. The first-order valence-electron chi connectivity index (χ1n) is 9.78. The van der Waals surface area contributed by atoms with Gasteiger partial charge in [0.05, 0.1) is 16.9 Å². The lowest BCUT2D eigenvalue weighted by Crippen LogP contribution is -2.40. The molecule has 0 radical (unpaired) electrons. The Bertz CT molecular complexity index is 1150. The molecule has 2 aliphatic rings. The molecule has 2 aromatic carbocycles. The van der Waals surface area contributed by atoms with Crippen LogP contribution in [0.4, 0.5) is 11.4 Å². The molecule has 1 fully saturated rings. The summed E-state index contributed by atoms with van der Waals surface area (Å²) < 4.78 is 0. The third kappa shape index (κ3) is 3.12. The molecule has 3 aromatic rings. The van der Waals surface area contributed by atoms with E-state index in [0.29, 0.717) is 41.3 Å². The molecular formula is C22H19N5O3. The van der Waals surface area contributed by atoms with Crippen molar-refractivity contribution in [2.24, 2.45) is 0 Å². The predicted octanol–water partition coefficient (Wildman–Crippen LogP) is 2.89. The molecule has 3 N–H and O–H groups in total. The zero-order valence-corrected chi connectivity index (χ0v) is 16.0. The number of carbonyl (C=O) groups excluding carboxylic acids is 3. The topological polar surface area (TPSA) is 107 Å². The molecule has 1 saturated heterocycles. The zero-order valence-electron chi connectivity index (χ0n) is 16.0. The molecular weight excluding hydrogens is 382 g/mol. The van der Waals surface area contributed by atoms with Crippen LogP contribution in [0.5, 0.6) is 0 Å². The minimum Gasteiger partial charge on any atom is -0.327 e. The van der Waals surface area contributed by atoms with Gasteiger partial charge in [-0.05, 0) is 37.1 Å². The summed E-state index contributed by atoms with van der Waals surface area (Å²) in [6, 6.07) is 15.7. The monoisotopic (exact) mass is 401 g/mol. The highest BCUT2D eigenvalue weighted by molar-refractivity contribution is 6.11. The van der Waals surface area contributed by atoms with E-state index in [9.17, 15) is 14.4 Å². The van der Waals surface area contributed by atoms with Crippen LogP contribution in [0, 0.1) is 0 Å². The maximum Gasteiger partial charge on any atom is 0.273 e. The summed E-state index contributed by atoms with van der Waals surface area (Å²) in [6.07, 6.45) is 1.47. The van der Waals surface area contributed by atoms with Gasteiger partial charge in [-0.2, -0.15) is 5.10 Å². The Hall–Kier alpha value is -3.94. The number of amides is 3. The van der Waals surface area contributed by atoms with Crippen molar-refractivity contribution in [3.05, 3.63) is 65.9 Å². The fourth-order valence-corrected chi connectivity index (χ4v) is 3.95. The zero-order chi connectivity index (χ0) is 20.7. The molecule has 8 nitrogen and oxygen atoms in total. The van der Waals surface area contributed by atoms with Crippen LogP contribution in [0.15, 0.2) is 54.6 Å². The summed E-state index contributed by atoms with van der Waals surface area (Å²) >= 11 is 0. The number of rotatable bonds is 3. The molecule has 0 bridgehead atoms. The fraction of sp³-hybridized carbons (Fsp3) is 0.182. The SMILES string of the molecule is O=C(Nc1ccc2c(c1)C(=O)N1CCCC1C(=O)N2)c1cc(-c2ccccc2)n[nH]1. The Labute approximate surface area is 172 Å². The summed E-state index contributed by atoms with van der Waals surface area (Å²) in [5, 5.41) is 12.6. The highest BCUT2D eigenvalue weighted by Crippen LogP contribution is 2.30. The molecule has 1 atom stereocenters. The van der Waals surface area contributed by atoms with Crippen LogP contribution in [-0.4, -0.2) is 45.4 Å². The molecule has 30 heavy (non-hydrogen) atoms. The van der Waals surface area contributed by atoms with Crippen LogP contribution in [0.1, 0.15) is 33.7 Å². The summed E-state index contributed by atoms with van der Waals surface area (Å²) in [4.78, 5) is 39.6. The lowest BCUT2D eigenvalue weighted by atomic mass is 10.1. The van der Waals surface area contributed by atoms with Crippen molar-refractivity contribution in [1.29, 1.82) is 0 Å². The minimum absolute atomic E-state index is 0.165. The number of aromatic amines is 1. The van der Waals surface area contributed by atoms with Crippen molar-refractivity contribution in [3.63, 3.8) is 0 Å². The van der Waals surface area contributed by atoms with Gasteiger partial charge in [0.2, 0.25) is 5.91 Å². The van der Waals surface area contributed by atoms with Crippen molar-refractivity contribution >= 4 is 29.1 Å². The van der Waals surface area contributed by atoms with Gasteiger partial charge in [-0.1, -0.05) is 30.3 Å². The fourth-order valence-electron chi connectivity index (χ4n) is 3.95. The lowest BCUT2D eigenvalue weighted by Gasteiger charge is -2.20. The first-order chi connectivity index (χ1) is 14.6. The van der Waals surface area contributed by atoms with E-state index < -0.39 is 6.04 Å². The summed E-state index contributed by atoms with van der Waals surface area (Å²) in [5.74, 6) is -0.731. The third-order valence-electron chi connectivity index (χ3n) is 5.47. The summed E-state index contributed by atoms with van der Waals surface area (Å²) in [7, 11) is 0. The molecule has 150 valence electrons. The number of nitrogens with one attached hydrogen (secondary N) is 3. The second-order valence-electron chi connectivity index (χ2n) is 7.39. The van der Waals surface area contributed by atoms with Crippen LogP contribution in [-0.2, 0) is 4.79 Å². The van der Waals surface area contributed by atoms with Crippen molar-refractivity contribution < 1.29 is 14.4 Å². The lowest BCUT2D eigenvalue weighted by molar-refractivity contribution is -0.119. The molecule has 1 unspecified atom stereocenters. The molecule has 0 aliphatic carbocycles. The quantitative estimate of drug-likeness (QED) is 0.627. The predicted molar refractivity (Wildman–Crippen MR) is 111 cm³/mol. The van der Waals surface area contributed by atoms with E-state index in [0.717, 1.165) is 12.0 Å². The van der Waals surface area contributed by atoms with Crippen LogP contribution >= 0.6 is 0 Å². The van der Waals surface area contributed by atoms with Gasteiger partial charge in [-0.15, -0.1) is 0 Å². The van der Waals surface area contributed by atoms with Crippen LogP contribution in [0.3, 0.4) is 0 Å². The highest BCUT2D eigenvalue weighted by Gasteiger charge is 2.38. The highest BCUT2D eigenvalue weighted by atomic mass is 16.2. The number of carbonyl (C=O) groups is 3. The van der Waals surface area contributed by atoms with E-state index in [4.69, 9.17) is 0 Å². The van der Waals surface area contributed by atoms with E-state index in [-0.39, 0.29) is 17.7 Å². The van der Waals surface area contributed by atoms with Crippen molar-refractivity contribution in [3.8, 4) is 11.3 Å². The number of aromatic nitrogens is 2. The number of anilines is 2. The number of hydrogen-bond acceptors (Lipinski definition) is 4. The molecule has 2 aliphatic heterocycles. The maximum atomic E-state index is 12.9. The van der Waals surface area contributed by atoms with Gasteiger partial charge >= 0.3 is 0 Å². The Balaban J connectivity index is 1.38. The Kier molecular flexibility index (Phi) is 4.31. The van der Waals surface area contributed by atoms with Crippen molar-refractivity contribution in [2.75, 3.05) is 17.2 Å². The van der Waals surface area contributed by atoms with Gasteiger partial charge in [-0.25, -0.2) is 0 Å². The van der Waals surface area contributed by atoms with Gasteiger partial charge in [0.15, 0.2) is 0 Å². The standard InChI is InChI=1S/C22H19N5O3/c28-20(18-12-17(25-26-18)13-5-2-1-3-6-13)23-14-8-9-16-15(11-14)22(30)27-10-4-7-19(27)21(29)24-16/h1-3,5-6,8-9,11-12,19H,4,7,10H2,(H,23,28)(H,24,29)(H,25,26). The summed E-state index contributed by atoms with van der Waals surface area (Å²) in [5.41, 5.74) is 3.18. The second-order valence-corrected chi connectivity index (χ2v) is 7.39. The third-order valence-corrected chi connectivity index (χ3v) is 5.47. The second kappa shape index (κ2) is 7.14. The van der Waals surface area contributed by atoms with Gasteiger partial charge in [-0.3, -0.25) is 19.5 Å². The largest absolute Gasteiger partial charge is 0.327 e. The van der Waals surface area contributed by atoms with Gasteiger partial charge in [0, 0.05) is 17.8 Å². The van der Waals surface area contributed by atoms with E-state index in [2.05, 4.69) is 20.8 Å². The Morgan fingerprint density at radius 3 is 2.77 bits per heavy atom. The molecule has 8 heteroatoms. The van der Waals surface area contributed by atoms with Gasteiger partial charge in [0.1, 0.15) is 11.7 Å². The molecule has 0 spiro atoms. The normalized spacial score (nSPS) is 17.7. The number of nitrogens with zero attached hydrogens (tertiary/aromatic N) is 2. The van der Waals surface area contributed by atoms with Gasteiger partial charge in [0.25, 0.3) is 11.8 Å². The van der Waals surface area contributed by atoms with E-state index >= 15 is 0 Å². The number of hydrogen-bond donors (Lipinski definition) is 3. The number of benzene rings is 2. The van der Waals surface area contributed by atoms with Crippen molar-refractivity contribution in [2.45, 2.75) is 18.9 Å². The molecule has 1 aromatic heterocycles. The minimum atomic E-state index is -0.427. The van der Waals surface area contributed by atoms with Crippen LogP contribution < -0.4 is 10.6 Å². The van der Waals surface area contributed by atoms with Crippen LogP contribution in [0.25, 0.3) is 11.3 Å². The molecule has 0 saturated carbocycles. The maximum absolute atomic E-state index is 12.9. The van der Waals surface area contributed by atoms with Crippen LogP contribution in [0.2, 0.25) is 0 Å². The first-order valence-corrected chi connectivity index (χ1v) is 9.78.